The van der Waals surface area contributed by atoms with E-state index in [2.05, 4.69) is 17.3 Å². The molecule has 0 spiro atoms. The van der Waals surface area contributed by atoms with Crippen LogP contribution in [0.2, 0.25) is 0 Å². The lowest BCUT2D eigenvalue weighted by molar-refractivity contribution is 0.217. The van der Waals surface area contributed by atoms with Crippen molar-refractivity contribution in [1.82, 2.24) is 4.90 Å². The number of likely N-dealkylation sites (tertiary alicyclic amines) is 1. The summed E-state index contributed by atoms with van der Waals surface area (Å²) in [6.07, 6.45) is 3.75. The van der Waals surface area contributed by atoms with E-state index in [0.29, 0.717) is 10.8 Å². The molecule has 0 radical (unpaired) electrons. The molecule has 1 N–H and O–H groups in total. The van der Waals surface area contributed by atoms with Crippen LogP contribution in [0.5, 0.6) is 0 Å². The number of piperidine rings is 1. The Labute approximate surface area is 115 Å². The van der Waals surface area contributed by atoms with Crippen LogP contribution >= 0.6 is 0 Å². The molecule has 106 valence electrons. The van der Waals surface area contributed by atoms with E-state index in [0.717, 1.165) is 18.8 Å². The van der Waals surface area contributed by atoms with E-state index < -0.39 is 9.84 Å². The lowest BCUT2D eigenvalue weighted by Crippen LogP contribution is -2.35. The van der Waals surface area contributed by atoms with Gasteiger partial charge in [-0.3, -0.25) is 0 Å². The van der Waals surface area contributed by atoms with E-state index in [-0.39, 0.29) is 0 Å². The number of anilines is 1. The fraction of sp³-hybridized carbons (Fsp3) is 0.571. The summed E-state index contributed by atoms with van der Waals surface area (Å²) in [5, 5.41) is 3.39. The van der Waals surface area contributed by atoms with Crippen molar-refractivity contribution in [3.63, 3.8) is 0 Å². The van der Waals surface area contributed by atoms with E-state index in [9.17, 15) is 8.42 Å². The Hall–Kier alpha value is -1.07. The number of sulfone groups is 1. The quantitative estimate of drug-likeness (QED) is 0.915. The van der Waals surface area contributed by atoms with Gasteiger partial charge in [0.2, 0.25) is 0 Å². The summed E-state index contributed by atoms with van der Waals surface area (Å²) < 4.78 is 22.7. The Kier molecular flexibility index (Phi) is 4.47. The Morgan fingerprint density at radius 3 is 2.58 bits per heavy atom. The number of benzene rings is 1. The number of nitrogens with one attached hydrogen (secondary N) is 1. The molecule has 0 amide bonds. The Morgan fingerprint density at radius 1 is 1.32 bits per heavy atom. The van der Waals surface area contributed by atoms with E-state index >= 15 is 0 Å². The molecule has 0 saturated carbocycles. The van der Waals surface area contributed by atoms with Gasteiger partial charge in [-0.25, -0.2) is 8.42 Å². The van der Waals surface area contributed by atoms with Gasteiger partial charge in [-0.1, -0.05) is 0 Å². The summed E-state index contributed by atoms with van der Waals surface area (Å²) in [6.45, 7) is 3.27. The topological polar surface area (TPSA) is 49.4 Å². The molecule has 0 aromatic heterocycles. The van der Waals surface area contributed by atoms with Crippen LogP contribution in [0, 0.1) is 5.92 Å². The van der Waals surface area contributed by atoms with Crippen LogP contribution in [0.15, 0.2) is 29.2 Å². The first-order chi connectivity index (χ1) is 8.95. The van der Waals surface area contributed by atoms with Gasteiger partial charge >= 0.3 is 0 Å². The first-order valence-electron chi connectivity index (χ1n) is 6.68. The molecular formula is C14H22N2O2S. The molecule has 19 heavy (non-hydrogen) atoms. The van der Waals surface area contributed by atoms with Gasteiger partial charge in [0.25, 0.3) is 0 Å². The fourth-order valence-corrected chi connectivity index (χ4v) is 3.15. The van der Waals surface area contributed by atoms with Gasteiger partial charge in [0.05, 0.1) is 4.90 Å². The molecule has 1 aliphatic heterocycles. The van der Waals surface area contributed by atoms with Gasteiger partial charge in [0.1, 0.15) is 0 Å². The maximum Gasteiger partial charge on any atom is 0.175 e. The smallest absolute Gasteiger partial charge is 0.175 e. The third kappa shape index (κ3) is 4.21. The zero-order chi connectivity index (χ0) is 13.9. The van der Waals surface area contributed by atoms with Crippen molar-refractivity contribution in [2.45, 2.75) is 17.7 Å². The highest BCUT2D eigenvalue weighted by Gasteiger charge is 2.16. The highest BCUT2D eigenvalue weighted by molar-refractivity contribution is 7.90. The standard InChI is InChI=1S/C14H22N2O2S/c1-16-9-3-4-12(11-16)10-15-13-5-7-14(8-6-13)19(2,17)18/h5-8,12,15H,3-4,9-11H2,1-2H3. The van der Waals surface area contributed by atoms with Crippen molar-refractivity contribution in [1.29, 1.82) is 0 Å². The minimum absolute atomic E-state index is 0.371. The summed E-state index contributed by atoms with van der Waals surface area (Å²) in [4.78, 5) is 2.73. The fourth-order valence-electron chi connectivity index (χ4n) is 2.52. The summed E-state index contributed by atoms with van der Waals surface area (Å²) in [6, 6.07) is 6.99. The zero-order valence-corrected chi connectivity index (χ0v) is 12.4. The van der Waals surface area contributed by atoms with Crippen LogP contribution in [-0.2, 0) is 9.84 Å². The summed E-state index contributed by atoms with van der Waals surface area (Å²) in [7, 11) is -0.937. The SMILES string of the molecule is CN1CCCC(CNc2ccc(S(C)(=O)=O)cc2)C1. The van der Waals surface area contributed by atoms with Gasteiger partial charge in [0.15, 0.2) is 9.84 Å². The molecule has 0 aliphatic carbocycles. The van der Waals surface area contributed by atoms with Crippen molar-refractivity contribution in [2.75, 3.05) is 38.3 Å². The van der Waals surface area contributed by atoms with E-state index in [4.69, 9.17) is 0 Å². The molecular weight excluding hydrogens is 260 g/mol. The van der Waals surface area contributed by atoms with Crippen LogP contribution in [0.1, 0.15) is 12.8 Å². The van der Waals surface area contributed by atoms with Crippen LogP contribution in [0.3, 0.4) is 0 Å². The average Bonchev–Trinajstić information content (AvgIpc) is 2.36. The molecule has 1 aromatic rings. The van der Waals surface area contributed by atoms with E-state index in [1.807, 2.05) is 12.1 Å². The van der Waals surface area contributed by atoms with Crippen molar-refractivity contribution < 1.29 is 8.42 Å². The molecule has 1 aliphatic rings. The van der Waals surface area contributed by atoms with Crippen molar-refractivity contribution in [2.24, 2.45) is 5.92 Å². The van der Waals surface area contributed by atoms with Gasteiger partial charge in [-0.05, 0) is 56.6 Å². The molecule has 1 unspecified atom stereocenters. The van der Waals surface area contributed by atoms with Gasteiger partial charge < -0.3 is 10.2 Å². The Morgan fingerprint density at radius 2 is 2.00 bits per heavy atom. The maximum absolute atomic E-state index is 11.4. The zero-order valence-electron chi connectivity index (χ0n) is 11.6. The van der Waals surface area contributed by atoms with Crippen LogP contribution < -0.4 is 5.32 Å². The van der Waals surface area contributed by atoms with Crippen molar-refractivity contribution in [3.8, 4) is 0 Å². The number of rotatable bonds is 4. The third-order valence-corrected chi connectivity index (χ3v) is 4.73. The van der Waals surface area contributed by atoms with Crippen LogP contribution in [-0.4, -0.2) is 46.3 Å². The van der Waals surface area contributed by atoms with Gasteiger partial charge in [-0.2, -0.15) is 0 Å². The predicted molar refractivity (Wildman–Crippen MR) is 78.3 cm³/mol. The number of hydrogen-bond acceptors (Lipinski definition) is 4. The highest BCUT2D eigenvalue weighted by atomic mass is 32.2. The first kappa shape index (κ1) is 14.3. The minimum atomic E-state index is -3.10. The summed E-state index contributed by atoms with van der Waals surface area (Å²) in [5.74, 6) is 0.674. The van der Waals surface area contributed by atoms with Crippen molar-refractivity contribution >= 4 is 15.5 Å². The molecule has 5 heteroatoms. The number of hydrogen-bond donors (Lipinski definition) is 1. The monoisotopic (exact) mass is 282 g/mol. The molecule has 1 fully saturated rings. The lowest BCUT2D eigenvalue weighted by Gasteiger charge is -2.29. The second-order valence-electron chi connectivity index (χ2n) is 5.45. The largest absolute Gasteiger partial charge is 0.385 e. The predicted octanol–water partition coefficient (Wildman–Crippen LogP) is 1.84. The summed E-state index contributed by atoms with van der Waals surface area (Å²) >= 11 is 0. The van der Waals surface area contributed by atoms with Gasteiger partial charge in [-0.15, -0.1) is 0 Å². The molecule has 4 nitrogen and oxygen atoms in total. The van der Waals surface area contributed by atoms with E-state index in [1.165, 1.54) is 25.6 Å². The summed E-state index contributed by atoms with van der Waals surface area (Å²) in [5.41, 5.74) is 0.987. The second kappa shape index (κ2) is 5.92. The van der Waals surface area contributed by atoms with Gasteiger partial charge in [0, 0.05) is 25.0 Å². The van der Waals surface area contributed by atoms with E-state index in [1.54, 1.807) is 12.1 Å². The first-order valence-corrected chi connectivity index (χ1v) is 8.57. The number of nitrogens with zero attached hydrogens (tertiary/aromatic N) is 1. The highest BCUT2D eigenvalue weighted by Crippen LogP contribution is 2.18. The maximum atomic E-state index is 11.4. The molecule has 0 bridgehead atoms. The average molecular weight is 282 g/mol. The van der Waals surface area contributed by atoms with Crippen molar-refractivity contribution in [3.05, 3.63) is 24.3 Å². The molecule has 2 rings (SSSR count). The van der Waals surface area contributed by atoms with Crippen LogP contribution in [0.25, 0.3) is 0 Å². The lowest BCUT2D eigenvalue weighted by atomic mass is 9.98. The second-order valence-corrected chi connectivity index (χ2v) is 7.46. The molecule has 1 saturated heterocycles. The molecule has 1 atom stereocenters. The minimum Gasteiger partial charge on any atom is -0.385 e. The van der Waals surface area contributed by atoms with Crippen LogP contribution in [0.4, 0.5) is 5.69 Å². The Bertz CT molecular complexity index is 511. The molecule has 1 aromatic carbocycles. The molecule has 1 heterocycles. The Balaban J connectivity index is 1.89. The normalized spacial score (nSPS) is 21.3. The third-order valence-electron chi connectivity index (χ3n) is 3.60.